The van der Waals surface area contributed by atoms with Gasteiger partial charge in [0.2, 0.25) is 5.78 Å². The standard InChI is InChI=1S/C24H22N2O5/c1-4-8-15-16-11-17-18(22(15)31-23(24(29)30-3)21(28)20(16)27)19(25)13(2)26(17)12-14-9-6-5-7-10-14/h4-7,9-11,23H,1,8,12,25H2,2-3H3. The number of rotatable bonds is 5. The molecule has 1 aliphatic rings. The van der Waals surface area contributed by atoms with Crippen LogP contribution in [0.3, 0.4) is 0 Å². The van der Waals surface area contributed by atoms with E-state index in [0.717, 1.165) is 18.4 Å². The highest BCUT2D eigenvalue weighted by atomic mass is 16.6. The fourth-order valence-corrected chi connectivity index (χ4v) is 4.00. The van der Waals surface area contributed by atoms with Crippen molar-refractivity contribution in [3.8, 4) is 5.75 Å². The monoisotopic (exact) mass is 418 g/mol. The number of carbonyl (C=O) groups is 3. The number of methoxy groups -OCH3 is 1. The molecule has 0 radical (unpaired) electrons. The fraction of sp³-hybridized carbons (Fsp3) is 0.208. The highest BCUT2D eigenvalue weighted by molar-refractivity contribution is 6.49. The quantitative estimate of drug-likeness (QED) is 0.296. The molecule has 0 spiro atoms. The van der Waals surface area contributed by atoms with E-state index in [2.05, 4.69) is 6.58 Å². The van der Waals surface area contributed by atoms with Crippen LogP contribution in [0.5, 0.6) is 5.75 Å². The van der Waals surface area contributed by atoms with Gasteiger partial charge in [0.25, 0.3) is 11.9 Å². The van der Waals surface area contributed by atoms with Crippen molar-refractivity contribution in [1.29, 1.82) is 0 Å². The van der Waals surface area contributed by atoms with E-state index in [9.17, 15) is 14.4 Å². The molecule has 4 rings (SSSR count). The van der Waals surface area contributed by atoms with Crippen molar-refractivity contribution in [2.24, 2.45) is 0 Å². The fourth-order valence-electron chi connectivity index (χ4n) is 4.00. The first-order valence-electron chi connectivity index (χ1n) is 9.81. The Morgan fingerprint density at radius 1 is 1.29 bits per heavy atom. The summed E-state index contributed by atoms with van der Waals surface area (Å²) < 4.78 is 12.5. The molecule has 2 aromatic carbocycles. The Hall–Kier alpha value is -3.87. The minimum atomic E-state index is -1.68. The van der Waals surface area contributed by atoms with Crippen LogP contribution in [0.1, 0.15) is 27.2 Å². The number of nitrogens with two attached hydrogens (primary N) is 1. The zero-order chi connectivity index (χ0) is 22.3. The molecule has 1 atom stereocenters. The summed E-state index contributed by atoms with van der Waals surface area (Å²) in [5, 5.41) is 0.561. The summed E-state index contributed by atoms with van der Waals surface area (Å²) in [6.45, 7) is 6.14. The van der Waals surface area contributed by atoms with E-state index in [-0.39, 0.29) is 17.7 Å². The Kier molecular flexibility index (Phi) is 5.10. The number of nitrogens with zero attached hydrogens (tertiary/aromatic N) is 1. The molecule has 158 valence electrons. The van der Waals surface area contributed by atoms with E-state index in [0.29, 0.717) is 28.7 Å². The van der Waals surface area contributed by atoms with Gasteiger partial charge in [0.15, 0.2) is 0 Å². The number of nitrogen functional groups attached to an aromatic ring is 1. The summed E-state index contributed by atoms with van der Waals surface area (Å²) in [4.78, 5) is 38.0. The third-order valence-corrected chi connectivity index (χ3v) is 5.61. The molecule has 7 heteroatoms. The molecule has 1 aliphatic heterocycles. The Labute approximate surface area is 179 Å². The highest BCUT2D eigenvalue weighted by Crippen LogP contribution is 2.42. The molecule has 0 fully saturated rings. The molecule has 2 N–H and O–H groups in total. The summed E-state index contributed by atoms with van der Waals surface area (Å²) in [7, 11) is 1.14. The molecule has 7 nitrogen and oxygen atoms in total. The van der Waals surface area contributed by atoms with Gasteiger partial charge in [-0.15, -0.1) is 6.58 Å². The molecule has 1 aromatic heterocycles. The normalized spacial score (nSPS) is 15.5. The number of allylic oxidation sites excluding steroid dienone is 1. The number of aromatic nitrogens is 1. The predicted octanol–water partition coefficient (Wildman–Crippen LogP) is 2.99. The van der Waals surface area contributed by atoms with Gasteiger partial charge in [0.1, 0.15) is 5.75 Å². The minimum absolute atomic E-state index is 0.186. The van der Waals surface area contributed by atoms with Crippen molar-refractivity contribution in [2.45, 2.75) is 26.0 Å². The zero-order valence-electron chi connectivity index (χ0n) is 17.3. The van der Waals surface area contributed by atoms with Gasteiger partial charge in [-0.25, -0.2) is 4.79 Å². The highest BCUT2D eigenvalue weighted by Gasteiger charge is 2.41. The lowest BCUT2D eigenvalue weighted by atomic mass is 9.95. The van der Waals surface area contributed by atoms with E-state index in [4.69, 9.17) is 15.2 Å². The van der Waals surface area contributed by atoms with Crippen LogP contribution in [-0.2, 0) is 27.3 Å². The van der Waals surface area contributed by atoms with Gasteiger partial charge in [-0.3, -0.25) is 9.59 Å². The maximum atomic E-state index is 13.0. The van der Waals surface area contributed by atoms with Gasteiger partial charge < -0.3 is 19.8 Å². The third kappa shape index (κ3) is 3.18. The van der Waals surface area contributed by atoms with Crippen LogP contribution in [0.25, 0.3) is 10.9 Å². The average Bonchev–Trinajstić information content (AvgIpc) is 2.98. The van der Waals surface area contributed by atoms with E-state index in [1.165, 1.54) is 0 Å². The van der Waals surface area contributed by atoms with Crippen molar-refractivity contribution in [1.82, 2.24) is 4.57 Å². The molecule has 0 saturated carbocycles. The second kappa shape index (κ2) is 7.75. The van der Waals surface area contributed by atoms with Crippen molar-refractivity contribution in [3.63, 3.8) is 0 Å². The predicted molar refractivity (Wildman–Crippen MR) is 116 cm³/mol. The Morgan fingerprint density at radius 3 is 2.65 bits per heavy atom. The Morgan fingerprint density at radius 2 is 2.00 bits per heavy atom. The van der Waals surface area contributed by atoms with Gasteiger partial charge in [0, 0.05) is 23.4 Å². The Balaban J connectivity index is 2.02. The van der Waals surface area contributed by atoms with Crippen LogP contribution in [0.2, 0.25) is 0 Å². The number of ketones is 2. The van der Waals surface area contributed by atoms with Crippen LogP contribution >= 0.6 is 0 Å². The SMILES string of the molecule is C=CCc1c2cc3c(c(N)c(C)n3Cc3ccccc3)c1OC(C(=O)OC)C(=O)C2=O. The lowest BCUT2D eigenvalue weighted by Gasteiger charge is -2.16. The lowest BCUT2D eigenvalue weighted by molar-refractivity contribution is -0.152. The van der Waals surface area contributed by atoms with E-state index >= 15 is 0 Å². The smallest absolute Gasteiger partial charge is 0.355 e. The molecule has 2 bridgehead atoms. The van der Waals surface area contributed by atoms with Gasteiger partial charge >= 0.3 is 5.97 Å². The summed E-state index contributed by atoms with van der Waals surface area (Å²) in [6.07, 6.45) is 0.203. The summed E-state index contributed by atoms with van der Waals surface area (Å²) in [6, 6.07) is 11.5. The minimum Gasteiger partial charge on any atom is -0.469 e. The van der Waals surface area contributed by atoms with E-state index in [1.807, 2.05) is 41.8 Å². The van der Waals surface area contributed by atoms with Crippen molar-refractivity contribution in [2.75, 3.05) is 12.8 Å². The number of Topliss-reactive ketones (excluding diaryl/α,β-unsaturated/α-hetero) is 2. The van der Waals surface area contributed by atoms with Crippen LogP contribution in [0, 0.1) is 6.92 Å². The second-order valence-corrected chi connectivity index (χ2v) is 7.40. The van der Waals surface area contributed by atoms with E-state index in [1.54, 1.807) is 12.1 Å². The largest absolute Gasteiger partial charge is 0.469 e. The van der Waals surface area contributed by atoms with Crippen LogP contribution < -0.4 is 10.5 Å². The molecule has 0 amide bonds. The maximum Gasteiger partial charge on any atom is 0.355 e. The molecular weight excluding hydrogens is 396 g/mol. The number of hydrogen-bond donors (Lipinski definition) is 1. The maximum absolute atomic E-state index is 13.0. The number of ether oxygens (including phenoxy) is 2. The summed E-state index contributed by atoms with van der Waals surface area (Å²) >= 11 is 0. The van der Waals surface area contributed by atoms with Crippen molar-refractivity contribution in [3.05, 3.63) is 71.4 Å². The topological polar surface area (TPSA) is 101 Å². The van der Waals surface area contributed by atoms with Gasteiger partial charge in [-0.2, -0.15) is 0 Å². The van der Waals surface area contributed by atoms with Crippen LogP contribution in [-0.4, -0.2) is 35.3 Å². The van der Waals surface area contributed by atoms with Crippen molar-refractivity contribution < 1.29 is 23.9 Å². The number of carbonyl (C=O) groups excluding carboxylic acids is 3. The van der Waals surface area contributed by atoms with Gasteiger partial charge in [-0.1, -0.05) is 36.4 Å². The number of anilines is 1. The number of esters is 1. The first-order valence-corrected chi connectivity index (χ1v) is 9.81. The number of fused-ring (bicyclic) bond motifs is 4. The van der Waals surface area contributed by atoms with Crippen LogP contribution in [0.15, 0.2) is 49.1 Å². The van der Waals surface area contributed by atoms with Gasteiger partial charge in [-0.05, 0) is 25.0 Å². The molecule has 0 saturated heterocycles. The molecule has 2 heterocycles. The molecular formula is C24H22N2O5. The number of hydrogen-bond acceptors (Lipinski definition) is 6. The van der Waals surface area contributed by atoms with Gasteiger partial charge in [0.05, 0.1) is 23.7 Å². The van der Waals surface area contributed by atoms with E-state index < -0.39 is 23.6 Å². The number of benzene rings is 2. The lowest BCUT2D eigenvalue weighted by Crippen LogP contribution is -2.39. The Bertz CT molecular complexity index is 1240. The molecule has 1 unspecified atom stereocenters. The average molecular weight is 418 g/mol. The third-order valence-electron chi connectivity index (χ3n) is 5.61. The molecule has 3 aromatic rings. The summed E-state index contributed by atoms with van der Waals surface area (Å²) in [5.74, 6) is -2.45. The summed E-state index contributed by atoms with van der Waals surface area (Å²) in [5.41, 5.74) is 10.1. The first-order chi connectivity index (χ1) is 14.9. The zero-order valence-corrected chi connectivity index (χ0v) is 17.3. The van der Waals surface area contributed by atoms with Crippen molar-refractivity contribution >= 4 is 34.1 Å². The molecule has 31 heavy (non-hydrogen) atoms. The van der Waals surface area contributed by atoms with Crippen LogP contribution in [0.4, 0.5) is 5.69 Å². The molecule has 0 aliphatic carbocycles. The second-order valence-electron chi connectivity index (χ2n) is 7.40. The first kappa shape index (κ1) is 20.4.